The van der Waals surface area contributed by atoms with Crippen LogP contribution in [0.5, 0.6) is 0 Å². The minimum atomic E-state index is -4.41. The number of unbranched alkanes of at least 4 members (excludes halogenated alkanes) is 24. The molecule has 10 heteroatoms. The molecule has 0 aromatic carbocycles. The molecule has 2 unspecified atom stereocenters. The topological polar surface area (TPSA) is 131 Å². The molecular weight excluding hydrogens is 689 g/mol. The van der Waals surface area contributed by atoms with E-state index >= 15 is 0 Å². The van der Waals surface area contributed by atoms with Crippen LogP contribution in [0.2, 0.25) is 0 Å². The average molecular weight is 772 g/mol. The van der Waals surface area contributed by atoms with E-state index < -0.39 is 26.5 Å². The van der Waals surface area contributed by atoms with E-state index in [0.29, 0.717) is 6.42 Å². The van der Waals surface area contributed by atoms with Gasteiger partial charge in [0.1, 0.15) is 12.7 Å². The SMILES string of the molecule is CCCCC/C=C\C/C=C\CCCCCCCCCCCCCC(=O)NCCOP(=O)(O)OCC(O)COC(=O)CCCCCCCCCCCCC. The number of ether oxygens (including phenoxy) is 1. The van der Waals surface area contributed by atoms with Crippen molar-refractivity contribution in [2.24, 2.45) is 0 Å². The summed E-state index contributed by atoms with van der Waals surface area (Å²) in [5.41, 5.74) is 0. The molecule has 0 aliphatic carbocycles. The van der Waals surface area contributed by atoms with Gasteiger partial charge in [-0.1, -0.05) is 173 Å². The fourth-order valence-electron chi connectivity index (χ4n) is 6.06. The zero-order chi connectivity index (χ0) is 38.9. The quantitative estimate of drug-likeness (QED) is 0.0242. The molecule has 0 heterocycles. The molecule has 0 aliphatic rings. The lowest BCUT2D eigenvalue weighted by molar-refractivity contribution is -0.147. The Labute approximate surface area is 325 Å². The maximum absolute atomic E-state index is 12.1. The first-order valence-electron chi connectivity index (χ1n) is 21.8. The molecular formula is C43H82NO8P. The molecule has 0 fully saturated rings. The Morgan fingerprint density at radius 1 is 0.585 bits per heavy atom. The number of rotatable bonds is 41. The Morgan fingerprint density at radius 2 is 1.02 bits per heavy atom. The van der Waals surface area contributed by atoms with Gasteiger partial charge in [-0.3, -0.25) is 18.6 Å². The maximum atomic E-state index is 12.1. The summed E-state index contributed by atoms with van der Waals surface area (Å²) in [6.07, 6.45) is 42.5. The van der Waals surface area contributed by atoms with E-state index in [1.807, 2.05) is 0 Å². The molecule has 0 radical (unpaired) electrons. The van der Waals surface area contributed by atoms with Gasteiger partial charge in [-0.15, -0.1) is 0 Å². The summed E-state index contributed by atoms with van der Waals surface area (Å²) in [5, 5.41) is 12.7. The molecule has 0 saturated heterocycles. The van der Waals surface area contributed by atoms with Crippen LogP contribution < -0.4 is 5.32 Å². The number of hydrogen-bond donors (Lipinski definition) is 3. The van der Waals surface area contributed by atoms with Gasteiger partial charge < -0.3 is 20.1 Å². The van der Waals surface area contributed by atoms with Crippen LogP contribution in [0.3, 0.4) is 0 Å². The molecule has 0 saturated carbocycles. The van der Waals surface area contributed by atoms with Gasteiger partial charge in [-0.2, -0.15) is 0 Å². The second kappa shape index (κ2) is 40.2. The number of phosphoric ester groups is 1. The van der Waals surface area contributed by atoms with Gasteiger partial charge >= 0.3 is 13.8 Å². The molecule has 0 aromatic rings. The van der Waals surface area contributed by atoms with Crippen LogP contribution in [-0.4, -0.2) is 54.3 Å². The summed E-state index contributed by atoms with van der Waals surface area (Å²) in [7, 11) is -4.41. The standard InChI is InChI=1S/C43H82NO8P/c1-3-5-7-9-11-13-15-16-17-18-19-20-21-22-23-24-26-27-29-31-33-35-42(46)44-37-38-51-53(48,49)52-40-41(45)39-50-43(47)36-34-32-30-28-25-14-12-10-8-6-4-2/h11,13,16-17,41,45H,3-10,12,14-15,18-40H2,1-2H3,(H,44,46)(H,48,49)/b13-11-,17-16-. The second-order valence-corrected chi connectivity index (χ2v) is 16.1. The van der Waals surface area contributed by atoms with Crippen molar-refractivity contribution in [3.05, 3.63) is 24.3 Å². The van der Waals surface area contributed by atoms with Crippen molar-refractivity contribution in [1.82, 2.24) is 5.32 Å². The Kier molecular flexibility index (Phi) is 39.0. The van der Waals surface area contributed by atoms with Gasteiger partial charge in [0.2, 0.25) is 5.91 Å². The Bertz CT molecular complexity index is 928. The molecule has 1 amide bonds. The molecule has 3 N–H and O–H groups in total. The van der Waals surface area contributed by atoms with E-state index in [2.05, 4.69) is 43.5 Å². The molecule has 312 valence electrons. The predicted octanol–water partition coefficient (Wildman–Crippen LogP) is 12.0. The highest BCUT2D eigenvalue weighted by Gasteiger charge is 2.23. The Hall–Kier alpha value is -1.51. The van der Waals surface area contributed by atoms with Gasteiger partial charge in [-0.05, 0) is 44.9 Å². The molecule has 0 aliphatic heterocycles. The third-order valence-corrected chi connectivity index (χ3v) is 10.4. The van der Waals surface area contributed by atoms with Crippen molar-refractivity contribution in [2.45, 2.75) is 213 Å². The highest BCUT2D eigenvalue weighted by molar-refractivity contribution is 7.47. The second-order valence-electron chi connectivity index (χ2n) is 14.7. The Balaban J connectivity index is 3.56. The minimum absolute atomic E-state index is 0.0828. The van der Waals surface area contributed by atoms with Crippen molar-refractivity contribution in [1.29, 1.82) is 0 Å². The molecule has 0 rings (SSSR count). The van der Waals surface area contributed by atoms with Crippen LogP contribution in [0.25, 0.3) is 0 Å². The third-order valence-electron chi connectivity index (χ3n) is 9.38. The van der Waals surface area contributed by atoms with Crippen molar-refractivity contribution in [3.8, 4) is 0 Å². The van der Waals surface area contributed by atoms with Crippen molar-refractivity contribution >= 4 is 19.7 Å². The number of esters is 1. The average Bonchev–Trinajstić information content (AvgIpc) is 3.14. The van der Waals surface area contributed by atoms with Gasteiger partial charge in [0.25, 0.3) is 0 Å². The summed E-state index contributed by atoms with van der Waals surface area (Å²) in [6, 6.07) is 0. The van der Waals surface area contributed by atoms with Crippen LogP contribution in [0.15, 0.2) is 24.3 Å². The lowest BCUT2D eigenvalue weighted by Crippen LogP contribution is -2.27. The van der Waals surface area contributed by atoms with Crippen LogP contribution >= 0.6 is 7.82 Å². The van der Waals surface area contributed by atoms with Gasteiger partial charge in [0.15, 0.2) is 0 Å². The van der Waals surface area contributed by atoms with Crippen molar-refractivity contribution in [2.75, 3.05) is 26.4 Å². The van der Waals surface area contributed by atoms with Crippen LogP contribution in [0, 0.1) is 0 Å². The lowest BCUT2D eigenvalue weighted by atomic mass is 10.0. The van der Waals surface area contributed by atoms with E-state index in [1.54, 1.807) is 0 Å². The number of carbonyl (C=O) groups excluding carboxylic acids is 2. The molecule has 0 spiro atoms. The maximum Gasteiger partial charge on any atom is 0.472 e. The predicted molar refractivity (Wildman–Crippen MR) is 220 cm³/mol. The van der Waals surface area contributed by atoms with Crippen molar-refractivity contribution < 1.29 is 37.9 Å². The number of hydrogen-bond acceptors (Lipinski definition) is 7. The summed E-state index contributed by atoms with van der Waals surface area (Å²) >= 11 is 0. The minimum Gasteiger partial charge on any atom is -0.463 e. The molecule has 0 bridgehead atoms. The summed E-state index contributed by atoms with van der Waals surface area (Å²) in [4.78, 5) is 33.8. The number of amides is 1. The number of aliphatic hydroxyl groups excluding tert-OH is 1. The van der Waals surface area contributed by atoms with Crippen LogP contribution in [0.4, 0.5) is 0 Å². The van der Waals surface area contributed by atoms with E-state index in [4.69, 9.17) is 13.8 Å². The molecule has 9 nitrogen and oxygen atoms in total. The summed E-state index contributed by atoms with van der Waals surface area (Å²) < 4.78 is 26.8. The number of allylic oxidation sites excluding steroid dienone is 4. The van der Waals surface area contributed by atoms with E-state index in [0.717, 1.165) is 44.9 Å². The first kappa shape index (κ1) is 51.5. The highest BCUT2D eigenvalue weighted by atomic mass is 31.2. The van der Waals surface area contributed by atoms with E-state index in [9.17, 15) is 24.2 Å². The van der Waals surface area contributed by atoms with E-state index in [1.165, 1.54) is 135 Å². The molecule has 0 aromatic heterocycles. The summed E-state index contributed by atoms with van der Waals surface area (Å²) in [5.74, 6) is -0.514. The van der Waals surface area contributed by atoms with Crippen LogP contribution in [0.1, 0.15) is 206 Å². The first-order valence-corrected chi connectivity index (χ1v) is 23.3. The third kappa shape index (κ3) is 41.5. The first-order chi connectivity index (χ1) is 25.8. The summed E-state index contributed by atoms with van der Waals surface area (Å²) in [6.45, 7) is 3.53. The normalized spacial score (nSPS) is 13.5. The number of carbonyl (C=O) groups is 2. The fourth-order valence-corrected chi connectivity index (χ4v) is 6.81. The Morgan fingerprint density at radius 3 is 1.55 bits per heavy atom. The fraction of sp³-hybridized carbons (Fsp3) is 0.860. The number of nitrogens with one attached hydrogen (secondary N) is 1. The largest absolute Gasteiger partial charge is 0.472 e. The van der Waals surface area contributed by atoms with Gasteiger partial charge in [0, 0.05) is 19.4 Å². The van der Waals surface area contributed by atoms with Crippen molar-refractivity contribution in [3.63, 3.8) is 0 Å². The van der Waals surface area contributed by atoms with E-state index in [-0.39, 0.29) is 32.1 Å². The number of aliphatic hydroxyl groups is 1. The van der Waals surface area contributed by atoms with Gasteiger partial charge in [0.05, 0.1) is 13.2 Å². The smallest absolute Gasteiger partial charge is 0.463 e. The molecule has 53 heavy (non-hydrogen) atoms. The monoisotopic (exact) mass is 772 g/mol. The molecule has 2 atom stereocenters. The zero-order valence-corrected chi connectivity index (χ0v) is 35.1. The zero-order valence-electron chi connectivity index (χ0n) is 34.2. The number of phosphoric acid groups is 1. The van der Waals surface area contributed by atoms with Crippen LogP contribution in [-0.2, 0) is 27.9 Å². The highest BCUT2D eigenvalue weighted by Crippen LogP contribution is 2.42. The van der Waals surface area contributed by atoms with Gasteiger partial charge in [-0.25, -0.2) is 4.57 Å². The lowest BCUT2D eigenvalue weighted by Gasteiger charge is -2.15.